The lowest BCUT2D eigenvalue weighted by Crippen LogP contribution is -3.00. The fourth-order valence-electron chi connectivity index (χ4n) is 1.46. The van der Waals surface area contributed by atoms with Crippen LogP contribution in [0.5, 0.6) is 0 Å². The third kappa shape index (κ3) is 4.09. The molecule has 0 spiro atoms. The molecule has 1 aromatic carbocycles. The van der Waals surface area contributed by atoms with Crippen molar-refractivity contribution in [1.82, 2.24) is 0 Å². The van der Waals surface area contributed by atoms with Gasteiger partial charge in [0.1, 0.15) is 0 Å². The molecule has 0 unspecified atom stereocenters. The van der Waals surface area contributed by atoms with Gasteiger partial charge < -0.3 is 12.4 Å². The minimum atomic E-state index is -0.0950. The van der Waals surface area contributed by atoms with Crippen molar-refractivity contribution in [2.75, 3.05) is 5.73 Å². The first-order valence-electron chi connectivity index (χ1n) is 5.40. The van der Waals surface area contributed by atoms with E-state index in [2.05, 4.69) is 0 Å². The number of nitrogens with two attached hydrogens (primary N) is 1. The summed E-state index contributed by atoms with van der Waals surface area (Å²) >= 11 is 5.76. The first kappa shape index (κ1) is 15.2. The number of benzene rings is 1. The Morgan fingerprint density at radius 3 is 2.47 bits per heavy atom. The Morgan fingerprint density at radius 1 is 1.16 bits per heavy atom. The number of nitrogen functional groups attached to an aromatic ring is 1. The fourth-order valence-corrected chi connectivity index (χ4v) is 1.59. The molecule has 0 aliphatic carbocycles. The highest BCUT2D eigenvalue weighted by Gasteiger charge is 2.03. The van der Waals surface area contributed by atoms with Crippen LogP contribution in [0.1, 0.15) is 10.4 Å². The van der Waals surface area contributed by atoms with Gasteiger partial charge >= 0.3 is 0 Å². The monoisotopic (exact) mass is 294 g/mol. The zero-order valence-electron chi connectivity index (χ0n) is 9.96. The summed E-state index contributed by atoms with van der Waals surface area (Å²) in [6.45, 7) is 0. The smallest absolute Gasteiger partial charge is 0.276 e. The molecule has 2 rings (SSSR count). The Hall–Kier alpha value is -1.84. The van der Waals surface area contributed by atoms with Crippen LogP contribution in [0.25, 0.3) is 6.20 Å². The molecule has 19 heavy (non-hydrogen) atoms. The molecular weight excluding hydrogens is 283 g/mol. The maximum Gasteiger partial charge on any atom is 0.276 e. The molecular formula is C14H12Cl2N2O. The summed E-state index contributed by atoms with van der Waals surface area (Å²) in [6.07, 6.45) is 4.88. The summed E-state index contributed by atoms with van der Waals surface area (Å²) in [5, 5.41) is 0.609. The number of pyridine rings is 1. The second-order valence-electron chi connectivity index (χ2n) is 3.72. The SMILES string of the molecule is Nc1cccc[n+]1C=CC(=O)c1ccc(Cl)cc1.[Cl-]. The maximum absolute atomic E-state index is 11.9. The third-order valence-corrected chi connectivity index (χ3v) is 2.69. The van der Waals surface area contributed by atoms with Crippen LogP contribution in [0.2, 0.25) is 5.02 Å². The minimum absolute atomic E-state index is 0. The number of allylic oxidation sites excluding steroid dienone is 1. The van der Waals surface area contributed by atoms with Gasteiger partial charge in [0.25, 0.3) is 5.82 Å². The van der Waals surface area contributed by atoms with Crippen LogP contribution in [0, 0.1) is 0 Å². The molecule has 3 nitrogen and oxygen atoms in total. The van der Waals surface area contributed by atoms with E-state index in [4.69, 9.17) is 17.3 Å². The molecule has 0 aliphatic heterocycles. The number of hydrogen-bond donors (Lipinski definition) is 1. The van der Waals surface area contributed by atoms with E-state index in [-0.39, 0.29) is 18.2 Å². The van der Waals surface area contributed by atoms with E-state index in [1.165, 1.54) is 6.08 Å². The molecule has 0 bridgehead atoms. The molecule has 5 heteroatoms. The molecule has 98 valence electrons. The largest absolute Gasteiger partial charge is 1.00 e. The summed E-state index contributed by atoms with van der Waals surface area (Å²) in [6, 6.07) is 12.2. The van der Waals surface area contributed by atoms with Crippen molar-refractivity contribution in [3.8, 4) is 0 Å². The van der Waals surface area contributed by atoms with Crippen molar-refractivity contribution >= 4 is 29.4 Å². The summed E-state index contributed by atoms with van der Waals surface area (Å²) in [7, 11) is 0. The lowest BCUT2D eigenvalue weighted by Gasteiger charge is -1.96. The van der Waals surface area contributed by atoms with Crippen molar-refractivity contribution in [2.24, 2.45) is 0 Å². The predicted octanol–water partition coefficient (Wildman–Crippen LogP) is -0.433. The highest BCUT2D eigenvalue weighted by atomic mass is 35.5. The second kappa shape index (κ2) is 6.92. The number of carbonyl (C=O) groups excluding carboxylic acids is 1. The van der Waals surface area contributed by atoms with Crippen molar-refractivity contribution in [2.45, 2.75) is 0 Å². The predicted molar refractivity (Wildman–Crippen MR) is 72.2 cm³/mol. The van der Waals surface area contributed by atoms with Gasteiger partial charge in [-0.2, -0.15) is 0 Å². The Morgan fingerprint density at radius 2 is 1.84 bits per heavy atom. The molecule has 0 amide bonds. The quantitative estimate of drug-likeness (QED) is 0.474. The normalized spacial score (nSPS) is 10.2. The van der Waals surface area contributed by atoms with Gasteiger partial charge in [0.2, 0.25) is 0 Å². The maximum atomic E-state index is 11.9. The molecule has 0 aliphatic rings. The fraction of sp³-hybridized carbons (Fsp3) is 0. The van der Waals surface area contributed by atoms with Crippen molar-refractivity contribution in [1.29, 1.82) is 0 Å². The zero-order chi connectivity index (χ0) is 13.0. The number of anilines is 1. The van der Waals surface area contributed by atoms with Crippen molar-refractivity contribution in [3.05, 3.63) is 65.3 Å². The number of halogens is 2. The van der Waals surface area contributed by atoms with Gasteiger partial charge in [-0.25, -0.2) is 4.57 Å². The van der Waals surface area contributed by atoms with Gasteiger partial charge in [0, 0.05) is 22.7 Å². The molecule has 2 aromatic rings. The summed E-state index contributed by atoms with van der Waals surface area (Å²) in [4.78, 5) is 11.9. The molecule has 1 aromatic heterocycles. The molecule has 1 heterocycles. The molecule has 0 fully saturated rings. The Kier molecular flexibility index (Phi) is 5.55. The Bertz CT molecular complexity index is 595. The van der Waals surface area contributed by atoms with Gasteiger partial charge in [-0.1, -0.05) is 17.7 Å². The second-order valence-corrected chi connectivity index (χ2v) is 4.16. The number of rotatable bonds is 3. The van der Waals surface area contributed by atoms with Crippen LogP contribution in [0.3, 0.4) is 0 Å². The average Bonchev–Trinajstić information content (AvgIpc) is 2.38. The first-order chi connectivity index (χ1) is 8.66. The van der Waals surface area contributed by atoms with Gasteiger partial charge in [-0.15, -0.1) is 0 Å². The molecule has 2 N–H and O–H groups in total. The number of aromatic nitrogens is 1. The molecule has 0 saturated heterocycles. The van der Waals surface area contributed by atoms with Gasteiger partial charge in [0.05, 0.1) is 12.4 Å². The van der Waals surface area contributed by atoms with Crippen molar-refractivity contribution in [3.63, 3.8) is 0 Å². The highest BCUT2D eigenvalue weighted by Crippen LogP contribution is 2.10. The van der Waals surface area contributed by atoms with E-state index >= 15 is 0 Å². The van der Waals surface area contributed by atoms with E-state index in [1.807, 2.05) is 12.1 Å². The highest BCUT2D eigenvalue weighted by molar-refractivity contribution is 6.30. The summed E-state index contributed by atoms with van der Waals surface area (Å²) < 4.78 is 1.67. The van der Waals surface area contributed by atoms with Crippen LogP contribution in [-0.4, -0.2) is 5.78 Å². The van der Waals surface area contributed by atoms with E-state index in [9.17, 15) is 4.79 Å². The van der Waals surface area contributed by atoms with E-state index < -0.39 is 0 Å². The van der Waals surface area contributed by atoms with Gasteiger partial charge in [0.15, 0.2) is 5.78 Å². The number of hydrogen-bond acceptors (Lipinski definition) is 2. The van der Waals surface area contributed by atoms with E-state index in [1.54, 1.807) is 47.3 Å². The van der Waals surface area contributed by atoms with Crippen LogP contribution < -0.4 is 22.7 Å². The Balaban J connectivity index is 0.00000180. The topological polar surface area (TPSA) is 47.0 Å². The molecule has 0 saturated carbocycles. The van der Waals surface area contributed by atoms with E-state index in [0.29, 0.717) is 16.4 Å². The van der Waals surface area contributed by atoms with Crippen molar-refractivity contribution < 1.29 is 21.8 Å². The number of ketones is 1. The third-order valence-electron chi connectivity index (χ3n) is 2.44. The lowest BCUT2D eigenvalue weighted by atomic mass is 10.1. The Labute approximate surface area is 122 Å². The zero-order valence-corrected chi connectivity index (χ0v) is 11.5. The van der Waals surface area contributed by atoms with Crippen LogP contribution in [0.15, 0.2) is 54.7 Å². The summed E-state index contributed by atoms with van der Waals surface area (Å²) in [5.41, 5.74) is 6.34. The van der Waals surface area contributed by atoms with Crippen LogP contribution in [0.4, 0.5) is 5.82 Å². The van der Waals surface area contributed by atoms with Crippen LogP contribution in [-0.2, 0) is 0 Å². The lowest BCUT2D eigenvalue weighted by molar-refractivity contribution is -0.552. The minimum Gasteiger partial charge on any atom is -1.00 e. The summed E-state index contributed by atoms with van der Waals surface area (Å²) in [5.74, 6) is 0.472. The molecule has 0 radical (unpaired) electrons. The number of nitrogens with zero attached hydrogens (tertiary/aromatic N) is 1. The van der Waals surface area contributed by atoms with E-state index in [0.717, 1.165) is 0 Å². The first-order valence-corrected chi connectivity index (χ1v) is 5.78. The standard InChI is InChI=1S/C14H11ClN2O.ClH/c15-12-6-4-11(5-7-12)13(18)8-10-17-9-2-1-3-14(17)16;/h1-10,16H;1H. The van der Waals surface area contributed by atoms with Gasteiger partial charge in [-0.05, 0) is 30.3 Å². The average molecular weight is 295 g/mol. The van der Waals surface area contributed by atoms with Gasteiger partial charge in [-0.3, -0.25) is 10.5 Å². The molecule has 0 atom stereocenters. The number of carbonyl (C=O) groups is 1. The van der Waals surface area contributed by atoms with Crippen LogP contribution >= 0.6 is 11.6 Å².